The predicted molar refractivity (Wildman–Crippen MR) is 213 cm³/mol. The molecule has 234 valence electrons. The molecule has 0 unspecified atom stereocenters. The Bertz CT molecular complexity index is 2810. The Labute approximate surface area is 296 Å². The zero-order valence-electron chi connectivity index (χ0n) is 26.7. The van der Waals surface area contributed by atoms with E-state index in [9.17, 15) is 0 Å². The van der Waals surface area contributed by atoms with E-state index >= 15 is 0 Å². The normalized spacial score (nSPS) is 11.6. The second-order valence-electron chi connectivity index (χ2n) is 12.4. The van der Waals surface area contributed by atoms with Crippen molar-refractivity contribution in [3.05, 3.63) is 164 Å². The Kier molecular flexibility index (Phi) is 6.86. The number of benzene rings is 7. The van der Waals surface area contributed by atoms with Crippen LogP contribution in [0.3, 0.4) is 0 Å². The highest BCUT2D eigenvalue weighted by atomic mass is 32.1. The summed E-state index contributed by atoms with van der Waals surface area (Å²) in [6.45, 7) is 0. The summed E-state index contributed by atoms with van der Waals surface area (Å²) in [5.41, 5.74) is 7.83. The van der Waals surface area contributed by atoms with E-state index in [4.69, 9.17) is 15.0 Å². The molecule has 0 aliphatic carbocycles. The summed E-state index contributed by atoms with van der Waals surface area (Å²) in [5.74, 6) is 2.00. The fourth-order valence-corrected chi connectivity index (χ4v) is 9.17. The maximum Gasteiger partial charge on any atom is 0.164 e. The maximum atomic E-state index is 4.97. The molecule has 50 heavy (non-hydrogen) atoms. The lowest BCUT2D eigenvalue weighted by Gasteiger charge is -2.11. The zero-order valence-corrected chi connectivity index (χ0v) is 28.4. The third kappa shape index (κ3) is 4.98. The van der Waals surface area contributed by atoms with Gasteiger partial charge in [0.1, 0.15) is 0 Å². The van der Waals surface area contributed by atoms with Gasteiger partial charge < -0.3 is 0 Å². The van der Waals surface area contributed by atoms with Gasteiger partial charge in [-0.15, -0.1) is 22.7 Å². The van der Waals surface area contributed by atoms with Crippen LogP contribution in [-0.4, -0.2) is 15.0 Å². The van der Waals surface area contributed by atoms with Crippen molar-refractivity contribution in [3.8, 4) is 56.4 Å². The highest BCUT2D eigenvalue weighted by molar-refractivity contribution is 7.26. The van der Waals surface area contributed by atoms with Gasteiger partial charge in [-0.05, 0) is 52.6 Å². The lowest BCUT2D eigenvalue weighted by Crippen LogP contribution is -1.99. The van der Waals surface area contributed by atoms with Gasteiger partial charge in [0.25, 0.3) is 0 Å². The molecule has 0 saturated carbocycles. The number of aromatic nitrogens is 3. The van der Waals surface area contributed by atoms with Gasteiger partial charge in [-0.1, -0.05) is 133 Å². The Morgan fingerprint density at radius 1 is 0.280 bits per heavy atom. The molecule has 0 N–H and O–H groups in total. The molecule has 0 bridgehead atoms. The highest BCUT2D eigenvalue weighted by Gasteiger charge is 2.16. The molecule has 0 atom stereocenters. The molecular formula is C45H27N3S2. The molecule has 3 nitrogen and oxygen atoms in total. The van der Waals surface area contributed by atoms with Crippen LogP contribution in [0.25, 0.3) is 96.8 Å². The summed E-state index contributed by atoms with van der Waals surface area (Å²) in [7, 11) is 0. The first kappa shape index (κ1) is 29.0. The van der Waals surface area contributed by atoms with Gasteiger partial charge in [-0.25, -0.2) is 15.0 Å². The first-order valence-electron chi connectivity index (χ1n) is 16.6. The van der Waals surface area contributed by atoms with Crippen molar-refractivity contribution in [2.45, 2.75) is 0 Å². The summed E-state index contributed by atoms with van der Waals surface area (Å²) in [5, 5.41) is 5.14. The van der Waals surface area contributed by atoms with Gasteiger partial charge in [-0.3, -0.25) is 0 Å². The summed E-state index contributed by atoms with van der Waals surface area (Å²) in [6.07, 6.45) is 0. The van der Waals surface area contributed by atoms with Crippen molar-refractivity contribution in [1.82, 2.24) is 15.0 Å². The minimum atomic E-state index is 0.667. The van der Waals surface area contributed by atoms with Crippen molar-refractivity contribution < 1.29 is 0 Å². The third-order valence-electron chi connectivity index (χ3n) is 9.36. The molecule has 10 rings (SSSR count). The Morgan fingerprint density at radius 2 is 0.720 bits per heavy atom. The van der Waals surface area contributed by atoms with E-state index in [1.54, 1.807) is 0 Å². The molecule has 0 saturated heterocycles. The van der Waals surface area contributed by atoms with Crippen molar-refractivity contribution >= 4 is 63.0 Å². The lowest BCUT2D eigenvalue weighted by molar-refractivity contribution is 1.07. The Hall–Kier alpha value is -6.01. The monoisotopic (exact) mass is 673 g/mol. The number of fused-ring (bicyclic) bond motifs is 6. The van der Waals surface area contributed by atoms with E-state index in [0.717, 1.165) is 16.7 Å². The number of hydrogen-bond acceptors (Lipinski definition) is 5. The van der Waals surface area contributed by atoms with Crippen LogP contribution in [0, 0.1) is 0 Å². The van der Waals surface area contributed by atoms with Crippen molar-refractivity contribution in [2.75, 3.05) is 0 Å². The van der Waals surface area contributed by atoms with Crippen LogP contribution >= 0.6 is 22.7 Å². The minimum Gasteiger partial charge on any atom is -0.208 e. The highest BCUT2D eigenvalue weighted by Crippen LogP contribution is 2.42. The van der Waals surface area contributed by atoms with E-state index in [0.29, 0.717) is 17.5 Å². The second kappa shape index (κ2) is 11.8. The topological polar surface area (TPSA) is 38.7 Å². The fraction of sp³-hybridized carbons (Fsp3) is 0. The van der Waals surface area contributed by atoms with E-state index < -0.39 is 0 Å². The first-order valence-corrected chi connectivity index (χ1v) is 18.2. The Balaban J connectivity index is 1.07. The van der Waals surface area contributed by atoms with E-state index in [-0.39, 0.29) is 0 Å². The summed E-state index contributed by atoms with van der Waals surface area (Å²) < 4.78 is 5.12. The zero-order chi connectivity index (χ0) is 33.0. The van der Waals surface area contributed by atoms with Crippen molar-refractivity contribution in [1.29, 1.82) is 0 Å². The molecule has 3 aromatic heterocycles. The number of rotatable bonds is 5. The van der Waals surface area contributed by atoms with E-state index in [1.165, 1.54) is 62.6 Å². The van der Waals surface area contributed by atoms with E-state index in [2.05, 4.69) is 103 Å². The summed E-state index contributed by atoms with van der Waals surface area (Å²) >= 11 is 3.68. The SMILES string of the molecule is c1ccc(-c2nc(-c3ccccc3)nc(-c3ccc4c(c3)sc3cc(-c5ccccc5-c5ccc6sc7ccccc7c6c5)ccc34)n2)cc1. The van der Waals surface area contributed by atoms with Gasteiger partial charge in [0.15, 0.2) is 17.5 Å². The molecule has 0 fully saturated rings. The molecule has 3 heterocycles. The number of thiophene rings is 2. The summed E-state index contributed by atoms with van der Waals surface area (Å²) in [4.78, 5) is 14.8. The molecule has 0 aliphatic rings. The second-order valence-corrected chi connectivity index (χ2v) is 14.6. The molecule has 0 aliphatic heterocycles. The molecule has 0 amide bonds. The lowest BCUT2D eigenvalue weighted by atomic mass is 9.93. The van der Waals surface area contributed by atoms with Crippen LogP contribution in [0.4, 0.5) is 0 Å². The molecular weight excluding hydrogens is 647 g/mol. The fourth-order valence-electron chi connectivity index (χ4n) is 6.90. The summed E-state index contributed by atoms with van der Waals surface area (Å²) in [6, 6.07) is 58.1. The van der Waals surface area contributed by atoms with Gasteiger partial charge in [0.2, 0.25) is 0 Å². The molecule has 10 aromatic rings. The number of nitrogens with zero attached hydrogens (tertiary/aromatic N) is 3. The van der Waals surface area contributed by atoms with Crippen LogP contribution < -0.4 is 0 Å². The number of hydrogen-bond donors (Lipinski definition) is 0. The Morgan fingerprint density at radius 3 is 1.38 bits per heavy atom. The maximum absolute atomic E-state index is 4.97. The average Bonchev–Trinajstić information content (AvgIpc) is 3.75. The molecule has 0 radical (unpaired) electrons. The largest absolute Gasteiger partial charge is 0.208 e. The van der Waals surface area contributed by atoms with Crippen LogP contribution in [0.1, 0.15) is 0 Å². The van der Waals surface area contributed by atoms with Gasteiger partial charge in [-0.2, -0.15) is 0 Å². The first-order chi connectivity index (χ1) is 24.7. The average molecular weight is 674 g/mol. The molecule has 7 aromatic carbocycles. The van der Waals surface area contributed by atoms with Crippen molar-refractivity contribution in [3.63, 3.8) is 0 Å². The van der Waals surface area contributed by atoms with E-state index in [1.807, 2.05) is 83.3 Å². The quantitative estimate of drug-likeness (QED) is 0.182. The standard InChI is InChI=1S/C45H27N3S2/c1-3-11-28(12-4-1)43-46-44(29-13-5-2-6-14-29)48-45(47-43)32-20-23-37-36-22-19-31(26-41(36)50-42(37)27-32)34-16-8-7-15-33(34)30-21-24-40-38(25-30)35-17-9-10-18-39(35)49-40/h1-27H. The van der Waals surface area contributed by atoms with Crippen molar-refractivity contribution in [2.24, 2.45) is 0 Å². The molecule has 5 heteroatoms. The molecule has 0 spiro atoms. The van der Waals surface area contributed by atoms with Crippen LogP contribution in [0.15, 0.2) is 164 Å². The minimum absolute atomic E-state index is 0.667. The van der Waals surface area contributed by atoms with Gasteiger partial charge in [0, 0.05) is 57.0 Å². The predicted octanol–water partition coefficient (Wildman–Crippen LogP) is 12.9. The van der Waals surface area contributed by atoms with Gasteiger partial charge >= 0.3 is 0 Å². The van der Waals surface area contributed by atoms with Crippen LogP contribution in [0.2, 0.25) is 0 Å². The van der Waals surface area contributed by atoms with Crippen LogP contribution in [-0.2, 0) is 0 Å². The smallest absolute Gasteiger partial charge is 0.164 e. The van der Waals surface area contributed by atoms with Crippen LogP contribution in [0.5, 0.6) is 0 Å². The third-order valence-corrected chi connectivity index (χ3v) is 11.6. The van der Waals surface area contributed by atoms with Gasteiger partial charge in [0.05, 0.1) is 0 Å².